The number of fused-ring (bicyclic) bond motifs is 2. The molecule has 114 valence electrons. The van der Waals surface area contributed by atoms with Crippen LogP contribution in [0.1, 0.15) is 42.5 Å². The Hall–Kier alpha value is -0.670. The number of benzene rings is 1. The monoisotopic (exact) mass is 374 g/mol. The first-order valence-electron chi connectivity index (χ1n) is 8.40. The van der Waals surface area contributed by atoms with Gasteiger partial charge >= 0.3 is 0 Å². The molecule has 5 rings (SSSR count). The van der Waals surface area contributed by atoms with Crippen LogP contribution in [0.15, 0.2) is 27.5 Å². The van der Waals surface area contributed by atoms with E-state index in [2.05, 4.69) is 22.0 Å². The van der Waals surface area contributed by atoms with E-state index in [-0.39, 0.29) is 0 Å². The highest BCUT2D eigenvalue weighted by Gasteiger charge is 2.59. The molecule has 0 bridgehead atoms. The van der Waals surface area contributed by atoms with Crippen LogP contribution in [0, 0.1) is 17.3 Å². The second-order valence-electron chi connectivity index (χ2n) is 7.50. The second kappa shape index (κ2) is 4.67. The van der Waals surface area contributed by atoms with Crippen LogP contribution in [0.4, 0.5) is 0 Å². The molecule has 1 aromatic heterocycles. The predicted octanol–water partition coefficient (Wildman–Crippen LogP) is 5.32. The third-order valence-electron chi connectivity index (χ3n) is 6.42. The highest BCUT2D eigenvalue weighted by atomic mass is 79.9. The number of hydrogen-bond donors (Lipinski definition) is 0. The number of halogens is 1. The Bertz CT molecular complexity index is 833. The van der Waals surface area contributed by atoms with Crippen molar-refractivity contribution in [2.45, 2.75) is 44.9 Å². The van der Waals surface area contributed by atoms with Gasteiger partial charge in [-0.15, -0.1) is 11.3 Å². The maximum atomic E-state index is 12.8. The smallest absolute Gasteiger partial charge is 0.191 e. The van der Waals surface area contributed by atoms with E-state index in [9.17, 15) is 4.79 Å². The average molecular weight is 375 g/mol. The molecule has 2 saturated carbocycles. The van der Waals surface area contributed by atoms with Crippen molar-refractivity contribution in [2.75, 3.05) is 0 Å². The molecule has 2 unspecified atom stereocenters. The SMILES string of the molecule is O=c1c2c(sc3cc(Br)ccc13)CC(C1CC13CCC3)CC2. The molecule has 1 heterocycles. The summed E-state index contributed by atoms with van der Waals surface area (Å²) < 4.78 is 2.21. The van der Waals surface area contributed by atoms with Gasteiger partial charge in [0.25, 0.3) is 0 Å². The van der Waals surface area contributed by atoms with E-state index < -0.39 is 0 Å². The highest BCUT2D eigenvalue weighted by molar-refractivity contribution is 9.10. The Balaban J connectivity index is 1.54. The maximum absolute atomic E-state index is 12.8. The summed E-state index contributed by atoms with van der Waals surface area (Å²) in [4.78, 5) is 14.1. The van der Waals surface area contributed by atoms with Crippen LogP contribution in [0.2, 0.25) is 0 Å². The zero-order chi connectivity index (χ0) is 14.9. The molecule has 1 spiro atoms. The van der Waals surface area contributed by atoms with E-state index in [4.69, 9.17) is 0 Å². The van der Waals surface area contributed by atoms with Crippen LogP contribution in [0.3, 0.4) is 0 Å². The Morgan fingerprint density at radius 3 is 2.86 bits per heavy atom. The van der Waals surface area contributed by atoms with Crippen molar-refractivity contribution in [3.63, 3.8) is 0 Å². The molecule has 2 aromatic rings. The molecule has 22 heavy (non-hydrogen) atoms. The Labute approximate surface area is 142 Å². The summed E-state index contributed by atoms with van der Waals surface area (Å²) in [6, 6.07) is 6.07. The average Bonchev–Trinajstić information content (AvgIpc) is 3.22. The fourth-order valence-electron chi connectivity index (χ4n) is 4.93. The van der Waals surface area contributed by atoms with E-state index in [1.165, 1.54) is 37.0 Å². The molecule has 1 aromatic carbocycles. The minimum Gasteiger partial charge on any atom is -0.289 e. The number of hydrogen-bond acceptors (Lipinski definition) is 2. The third-order valence-corrected chi connectivity index (χ3v) is 8.13. The Kier molecular flexibility index (Phi) is 2.92. The van der Waals surface area contributed by atoms with Crippen molar-refractivity contribution in [1.82, 2.24) is 0 Å². The van der Waals surface area contributed by atoms with Gasteiger partial charge < -0.3 is 0 Å². The minimum atomic E-state index is 0.295. The van der Waals surface area contributed by atoms with Crippen molar-refractivity contribution >= 4 is 37.4 Å². The standard InChI is InChI=1S/C19H19BrOS/c20-12-3-5-14-17(9-12)22-16-8-11(2-4-13(16)18(14)21)15-10-19(15)6-1-7-19/h3,5,9,11,15H,1-2,4,6-8,10H2. The molecule has 3 heteroatoms. The van der Waals surface area contributed by atoms with Crippen LogP contribution < -0.4 is 5.43 Å². The van der Waals surface area contributed by atoms with Gasteiger partial charge in [0.15, 0.2) is 5.43 Å². The zero-order valence-corrected chi connectivity index (χ0v) is 14.9. The molecule has 2 atom stereocenters. The first-order valence-corrected chi connectivity index (χ1v) is 10.0. The van der Waals surface area contributed by atoms with Crippen molar-refractivity contribution in [1.29, 1.82) is 0 Å². The lowest BCUT2D eigenvalue weighted by atomic mass is 9.74. The summed E-state index contributed by atoms with van der Waals surface area (Å²) in [7, 11) is 0. The van der Waals surface area contributed by atoms with E-state index in [0.717, 1.165) is 50.2 Å². The Morgan fingerprint density at radius 1 is 1.27 bits per heavy atom. The molecular formula is C19H19BrOS. The molecular weight excluding hydrogens is 356 g/mol. The van der Waals surface area contributed by atoms with Gasteiger partial charge in [-0.2, -0.15) is 0 Å². The van der Waals surface area contributed by atoms with Gasteiger partial charge in [0, 0.05) is 25.0 Å². The van der Waals surface area contributed by atoms with Crippen molar-refractivity contribution in [3.05, 3.63) is 43.3 Å². The quantitative estimate of drug-likeness (QED) is 0.659. The molecule has 2 fully saturated rings. The van der Waals surface area contributed by atoms with Crippen molar-refractivity contribution < 1.29 is 0 Å². The molecule has 0 aliphatic heterocycles. The van der Waals surface area contributed by atoms with Crippen molar-refractivity contribution in [2.24, 2.45) is 17.3 Å². The van der Waals surface area contributed by atoms with Crippen LogP contribution in [-0.2, 0) is 12.8 Å². The highest BCUT2D eigenvalue weighted by Crippen LogP contribution is 2.69. The lowest BCUT2D eigenvalue weighted by Crippen LogP contribution is -2.25. The fraction of sp³-hybridized carbons (Fsp3) is 0.526. The summed E-state index contributed by atoms with van der Waals surface area (Å²) in [5.74, 6) is 1.81. The molecule has 1 nitrogen and oxygen atoms in total. The molecule has 0 radical (unpaired) electrons. The van der Waals surface area contributed by atoms with Gasteiger partial charge in [0.1, 0.15) is 0 Å². The minimum absolute atomic E-state index is 0.295. The summed E-state index contributed by atoms with van der Waals surface area (Å²) in [6.45, 7) is 0. The topological polar surface area (TPSA) is 17.1 Å². The summed E-state index contributed by atoms with van der Waals surface area (Å²) in [5, 5.41) is 0.910. The van der Waals surface area contributed by atoms with Gasteiger partial charge in [-0.05, 0) is 74.0 Å². The van der Waals surface area contributed by atoms with E-state index in [0.29, 0.717) is 5.43 Å². The van der Waals surface area contributed by atoms with Crippen LogP contribution >= 0.6 is 27.3 Å². The summed E-state index contributed by atoms with van der Waals surface area (Å²) >= 11 is 5.40. The zero-order valence-electron chi connectivity index (χ0n) is 12.5. The fourth-order valence-corrected chi connectivity index (χ4v) is 6.78. The van der Waals surface area contributed by atoms with Crippen LogP contribution in [0.25, 0.3) is 10.1 Å². The molecule has 0 saturated heterocycles. The van der Waals surface area contributed by atoms with Gasteiger partial charge in [0.2, 0.25) is 0 Å². The molecule has 3 aliphatic rings. The first kappa shape index (κ1) is 13.7. The van der Waals surface area contributed by atoms with Gasteiger partial charge in [0.05, 0.1) is 0 Å². The molecule has 0 amide bonds. The normalized spacial score (nSPS) is 28.4. The van der Waals surface area contributed by atoms with Gasteiger partial charge in [-0.1, -0.05) is 22.4 Å². The van der Waals surface area contributed by atoms with Gasteiger partial charge in [-0.25, -0.2) is 0 Å². The largest absolute Gasteiger partial charge is 0.289 e. The predicted molar refractivity (Wildman–Crippen MR) is 95.7 cm³/mol. The lowest BCUT2D eigenvalue weighted by Gasteiger charge is -2.31. The van der Waals surface area contributed by atoms with Crippen LogP contribution in [-0.4, -0.2) is 0 Å². The van der Waals surface area contributed by atoms with E-state index in [1.807, 2.05) is 23.5 Å². The molecule has 3 aliphatic carbocycles. The van der Waals surface area contributed by atoms with Gasteiger partial charge in [-0.3, -0.25) is 4.79 Å². The molecule has 0 N–H and O–H groups in total. The maximum Gasteiger partial charge on any atom is 0.191 e. The summed E-state index contributed by atoms with van der Waals surface area (Å²) in [5.41, 5.74) is 2.18. The van der Waals surface area contributed by atoms with Crippen LogP contribution in [0.5, 0.6) is 0 Å². The summed E-state index contributed by atoms with van der Waals surface area (Å²) in [6.07, 6.45) is 9.28. The third kappa shape index (κ3) is 1.91. The van der Waals surface area contributed by atoms with Crippen molar-refractivity contribution in [3.8, 4) is 0 Å². The number of rotatable bonds is 1. The Morgan fingerprint density at radius 2 is 2.14 bits per heavy atom. The van der Waals surface area contributed by atoms with E-state index in [1.54, 1.807) is 0 Å². The second-order valence-corrected chi connectivity index (χ2v) is 9.56. The lowest BCUT2D eigenvalue weighted by molar-refractivity contribution is 0.218. The first-order chi connectivity index (χ1) is 10.7. The van der Waals surface area contributed by atoms with E-state index >= 15 is 0 Å².